The lowest BCUT2D eigenvalue weighted by atomic mass is 10.3. The van der Waals surface area contributed by atoms with E-state index in [2.05, 4.69) is 31.2 Å². The first-order valence-electron chi connectivity index (χ1n) is 4.22. The highest BCUT2D eigenvalue weighted by Gasteiger charge is 2.00. The van der Waals surface area contributed by atoms with Gasteiger partial charge in [0.05, 0.1) is 16.6 Å². The number of hydrogen-bond acceptors (Lipinski definition) is 5. The highest BCUT2D eigenvalue weighted by atomic mass is 79.9. The summed E-state index contributed by atoms with van der Waals surface area (Å²) in [6.07, 6.45) is 3.36. The number of nitrogens with zero attached hydrogens (tertiary/aromatic N) is 2. The molecule has 15 heavy (non-hydrogen) atoms. The van der Waals surface area contributed by atoms with Crippen molar-refractivity contribution >= 4 is 38.2 Å². The Kier molecular flexibility index (Phi) is 3.30. The Bertz CT molecular complexity index is 443. The van der Waals surface area contributed by atoms with Crippen LogP contribution in [-0.4, -0.2) is 15.1 Å². The van der Waals surface area contributed by atoms with Gasteiger partial charge in [-0.05, 0) is 27.6 Å². The summed E-state index contributed by atoms with van der Waals surface area (Å²) >= 11 is 4.83. The maximum atomic E-state index is 8.84. The van der Waals surface area contributed by atoms with Crippen molar-refractivity contribution in [3.05, 3.63) is 33.9 Å². The Morgan fingerprint density at radius 3 is 2.73 bits per heavy atom. The minimum Gasteiger partial charge on any atom is -0.392 e. The average Bonchev–Trinajstić information content (AvgIpc) is 2.65. The summed E-state index contributed by atoms with van der Waals surface area (Å²) in [4.78, 5) is 8.26. The third kappa shape index (κ3) is 2.74. The zero-order valence-electron chi connectivity index (χ0n) is 7.64. The number of aliphatic hydroxyl groups excluding tert-OH is 1. The van der Waals surface area contributed by atoms with Crippen LogP contribution in [0.15, 0.2) is 28.3 Å². The number of thiazole rings is 1. The molecule has 2 rings (SSSR count). The van der Waals surface area contributed by atoms with Crippen molar-refractivity contribution in [2.75, 3.05) is 5.32 Å². The molecule has 78 valence electrons. The van der Waals surface area contributed by atoms with E-state index in [1.54, 1.807) is 18.5 Å². The van der Waals surface area contributed by atoms with Crippen LogP contribution in [0, 0.1) is 0 Å². The lowest BCUT2D eigenvalue weighted by molar-refractivity contribution is 0.281. The first kappa shape index (κ1) is 10.5. The van der Waals surface area contributed by atoms with Crippen molar-refractivity contribution in [2.24, 2.45) is 0 Å². The zero-order valence-corrected chi connectivity index (χ0v) is 10.0. The zero-order chi connectivity index (χ0) is 10.7. The molecule has 0 unspecified atom stereocenters. The van der Waals surface area contributed by atoms with Gasteiger partial charge in [-0.1, -0.05) is 17.4 Å². The van der Waals surface area contributed by atoms with Gasteiger partial charge in [0, 0.05) is 6.20 Å². The molecule has 0 bridgehead atoms. The molecule has 0 fully saturated rings. The Labute approximate surface area is 99.1 Å². The number of aromatic nitrogens is 2. The fraction of sp³-hybridized carbons (Fsp3) is 0.111. The molecule has 2 N–H and O–H groups in total. The summed E-state index contributed by atoms with van der Waals surface area (Å²) < 4.78 is 0.969. The molecule has 0 saturated carbocycles. The van der Waals surface area contributed by atoms with E-state index in [0.717, 1.165) is 14.5 Å². The van der Waals surface area contributed by atoms with Gasteiger partial charge in [-0.15, -0.1) is 0 Å². The van der Waals surface area contributed by atoms with Crippen LogP contribution in [-0.2, 0) is 6.61 Å². The Morgan fingerprint density at radius 2 is 2.20 bits per heavy atom. The minimum absolute atomic E-state index is 0.0100. The van der Waals surface area contributed by atoms with Crippen molar-refractivity contribution in [3.63, 3.8) is 0 Å². The molecule has 2 heterocycles. The molecular weight excluding hydrogens is 278 g/mol. The van der Waals surface area contributed by atoms with E-state index < -0.39 is 0 Å². The highest BCUT2D eigenvalue weighted by Crippen LogP contribution is 2.25. The van der Waals surface area contributed by atoms with Gasteiger partial charge < -0.3 is 10.4 Å². The van der Waals surface area contributed by atoms with Gasteiger partial charge in [0.25, 0.3) is 0 Å². The molecule has 0 amide bonds. The van der Waals surface area contributed by atoms with Crippen molar-refractivity contribution in [2.45, 2.75) is 6.61 Å². The van der Waals surface area contributed by atoms with E-state index >= 15 is 0 Å². The number of rotatable bonds is 3. The Morgan fingerprint density at radius 1 is 1.33 bits per heavy atom. The molecule has 0 atom stereocenters. The Hall–Kier alpha value is -0.980. The second-order valence-corrected chi connectivity index (χ2v) is 5.21. The fourth-order valence-corrected chi connectivity index (χ4v) is 2.13. The van der Waals surface area contributed by atoms with E-state index in [9.17, 15) is 0 Å². The number of halogens is 1. The molecule has 4 nitrogen and oxygen atoms in total. The van der Waals surface area contributed by atoms with Crippen LogP contribution in [0.25, 0.3) is 0 Å². The molecule has 0 aliphatic rings. The predicted octanol–water partition coefficient (Wildman–Crippen LogP) is 2.54. The van der Waals surface area contributed by atoms with Gasteiger partial charge in [0.2, 0.25) is 0 Å². The van der Waals surface area contributed by atoms with E-state index in [4.69, 9.17) is 5.11 Å². The smallest absolute Gasteiger partial charge is 0.189 e. The van der Waals surface area contributed by atoms with E-state index in [0.29, 0.717) is 5.82 Å². The fourth-order valence-electron chi connectivity index (χ4n) is 1.01. The monoisotopic (exact) mass is 285 g/mol. The standard InChI is InChI=1S/C9H8BrN3OS/c10-7-4-12-9(15-7)13-8-2-1-6(5-14)3-11-8/h1-4,14H,5H2,(H,11,12,13). The maximum absolute atomic E-state index is 8.84. The van der Waals surface area contributed by atoms with Crippen molar-refractivity contribution in [1.82, 2.24) is 9.97 Å². The number of nitrogens with one attached hydrogen (secondary N) is 1. The third-order valence-electron chi connectivity index (χ3n) is 1.72. The van der Waals surface area contributed by atoms with Crippen molar-refractivity contribution in [3.8, 4) is 0 Å². The molecule has 0 spiro atoms. The van der Waals surface area contributed by atoms with E-state index in [1.807, 2.05) is 6.07 Å². The number of aliphatic hydroxyl groups is 1. The third-order valence-corrected chi connectivity index (χ3v) is 3.11. The molecule has 6 heteroatoms. The van der Waals surface area contributed by atoms with E-state index in [1.165, 1.54) is 11.3 Å². The van der Waals surface area contributed by atoms with Crippen LogP contribution in [0.4, 0.5) is 10.9 Å². The lowest BCUT2D eigenvalue weighted by Crippen LogP contribution is -1.93. The molecule has 0 radical (unpaired) electrons. The molecular formula is C9H8BrN3OS. The van der Waals surface area contributed by atoms with Crippen molar-refractivity contribution in [1.29, 1.82) is 0 Å². The Balaban J connectivity index is 2.11. The van der Waals surface area contributed by atoms with Crippen molar-refractivity contribution < 1.29 is 5.11 Å². The highest BCUT2D eigenvalue weighted by molar-refractivity contribution is 9.11. The summed E-state index contributed by atoms with van der Waals surface area (Å²) in [5.74, 6) is 0.717. The first-order valence-corrected chi connectivity index (χ1v) is 5.83. The minimum atomic E-state index is 0.0100. The van der Waals surface area contributed by atoms with Crippen LogP contribution in [0.2, 0.25) is 0 Å². The molecule has 0 saturated heterocycles. The normalized spacial score (nSPS) is 10.3. The number of hydrogen-bond donors (Lipinski definition) is 2. The van der Waals surface area contributed by atoms with Gasteiger partial charge in [0.15, 0.2) is 5.13 Å². The summed E-state index contributed by atoms with van der Waals surface area (Å²) in [5.41, 5.74) is 0.792. The lowest BCUT2D eigenvalue weighted by Gasteiger charge is -2.01. The SMILES string of the molecule is OCc1ccc(Nc2ncc(Br)s2)nc1. The quantitative estimate of drug-likeness (QED) is 0.910. The largest absolute Gasteiger partial charge is 0.392 e. The van der Waals surface area contributed by atoms with Gasteiger partial charge in [0.1, 0.15) is 5.82 Å². The second-order valence-electron chi connectivity index (χ2n) is 2.80. The molecule has 2 aromatic heterocycles. The second kappa shape index (κ2) is 4.69. The summed E-state index contributed by atoms with van der Waals surface area (Å²) in [6, 6.07) is 3.62. The average molecular weight is 286 g/mol. The van der Waals surface area contributed by atoms with E-state index in [-0.39, 0.29) is 6.61 Å². The van der Waals surface area contributed by atoms with Crippen LogP contribution < -0.4 is 5.32 Å². The van der Waals surface area contributed by atoms with Gasteiger partial charge in [-0.2, -0.15) is 0 Å². The van der Waals surface area contributed by atoms with Gasteiger partial charge >= 0.3 is 0 Å². The topological polar surface area (TPSA) is 58.0 Å². The maximum Gasteiger partial charge on any atom is 0.189 e. The summed E-state index contributed by atoms with van der Waals surface area (Å²) in [6.45, 7) is 0.0100. The predicted molar refractivity (Wildman–Crippen MR) is 63.3 cm³/mol. The molecule has 0 aliphatic heterocycles. The molecule has 0 aliphatic carbocycles. The van der Waals surface area contributed by atoms with Gasteiger partial charge in [-0.3, -0.25) is 0 Å². The first-order chi connectivity index (χ1) is 7.28. The van der Waals surface area contributed by atoms with Crippen LogP contribution in [0.5, 0.6) is 0 Å². The van der Waals surface area contributed by atoms with Crippen LogP contribution >= 0.6 is 27.3 Å². The van der Waals surface area contributed by atoms with Crippen LogP contribution in [0.3, 0.4) is 0 Å². The number of anilines is 2. The summed E-state index contributed by atoms with van der Waals surface area (Å²) in [7, 11) is 0. The van der Waals surface area contributed by atoms with Gasteiger partial charge in [-0.25, -0.2) is 9.97 Å². The van der Waals surface area contributed by atoms with Crippen LogP contribution in [0.1, 0.15) is 5.56 Å². The molecule has 2 aromatic rings. The number of pyridine rings is 1. The summed E-state index contributed by atoms with van der Waals surface area (Å²) in [5, 5.41) is 12.7. The molecule has 0 aromatic carbocycles.